The predicted molar refractivity (Wildman–Crippen MR) is 83.1 cm³/mol. The highest BCUT2D eigenvalue weighted by atomic mass is 32.1. The van der Waals surface area contributed by atoms with E-state index in [2.05, 4.69) is 35.8 Å². The number of fused-ring (bicyclic) bond motifs is 1. The molecule has 0 aromatic carbocycles. The van der Waals surface area contributed by atoms with Crippen molar-refractivity contribution in [2.45, 2.75) is 13.0 Å². The first-order chi connectivity index (χ1) is 11.1. The maximum atomic E-state index is 12.4. The van der Waals surface area contributed by atoms with Gasteiger partial charge in [-0.3, -0.25) is 14.7 Å². The maximum Gasteiger partial charge on any atom is 0.271 e. The average Bonchev–Trinajstić information content (AvgIpc) is 3.22. The molecule has 0 fully saturated rings. The van der Waals surface area contributed by atoms with Crippen LogP contribution in [0, 0.1) is 0 Å². The minimum Gasteiger partial charge on any atom is -0.354 e. The molecule has 0 bridgehead atoms. The lowest BCUT2D eigenvalue weighted by molar-refractivity contribution is 0.0934. The molecule has 1 atom stereocenters. The molecule has 3 heterocycles. The third kappa shape index (κ3) is 2.88. The first-order valence-corrected chi connectivity index (χ1v) is 7.54. The Bertz CT molecular complexity index is 872. The molecule has 23 heavy (non-hydrogen) atoms. The van der Waals surface area contributed by atoms with Gasteiger partial charge in [-0.05, 0) is 6.92 Å². The fraction of sp³-hybridized carbons (Fsp3) is 0.231. The largest absolute Gasteiger partial charge is 0.354 e. The first kappa shape index (κ1) is 15.0. The second-order valence-corrected chi connectivity index (χ2v) is 5.75. The van der Waals surface area contributed by atoms with Gasteiger partial charge in [0.05, 0.1) is 23.8 Å². The number of hydrogen-bond donors (Lipinski definition) is 3. The highest BCUT2D eigenvalue weighted by molar-refractivity contribution is 7.13. The van der Waals surface area contributed by atoms with Crippen LogP contribution in [0.15, 0.2) is 18.7 Å². The molecule has 3 aromatic rings. The number of rotatable bonds is 4. The van der Waals surface area contributed by atoms with Gasteiger partial charge in [0.2, 0.25) is 0 Å². The molecule has 0 saturated heterocycles. The van der Waals surface area contributed by atoms with E-state index in [0.29, 0.717) is 20.9 Å². The number of carbonyl (C=O) groups is 2. The van der Waals surface area contributed by atoms with Crippen LogP contribution in [-0.4, -0.2) is 44.0 Å². The van der Waals surface area contributed by atoms with E-state index in [1.54, 1.807) is 14.0 Å². The third-order valence-electron chi connectivity index (χ3n) is 3.16. The standard InChI is InChI=1S/C13H13N7O2S/c1-6(13-15-4-8(23-13)11(21)14-2)19-12(22)9-7-3-18-20-10(7)17-5-16-9/h3-6H,1-2H3,(H,14,21)(H,19,22)(H,16,17,18,20)/t6-/m0/s1. The lowest BCUT2D eigenvalue weighted by Crippen LogP contribution is -2.27. The van der Waals surface area contributed by atoms with Crippen molar-refractivity contribution < 1.29 is 9.59 Å². The highest BCUT2D eigenvalue weighted by Crippen LogP contribution is 2.20. The Hall–Kier alpha value is -2.88. The van der Waals surface area contributed by atoms with Gasteiger partial charge in [0.1, 0.15) is 21.9 Å². The van der Waals surface area contributed by atoms with Gasteiger partial charge < -0.3 is 10.6 Å². The Kier molecular flexibility index (Phi) is 3.98. The number of thiazole rings is 1. The second kappa shape index (κ2) is 6.08. The van der Waals surface area contributed by atoms with Crippen LogP contribution >= 0.6 is 11.3 Å². The normalized spacial score (nSPS) is 12.1. The van der Waals surface area contributed by atoms with Crippen molar-refractivity contribution >= 4 is 34.2 Å². The van der Waals surface area contributed by atoms with Crippen molar-refractivity contribution in [3.8, 4) is 0 Å². The van der Waals surface area contributed by atoms with Gasteiger partial charge in [0, 0.05) is 7.05 Å². The average molecular weight is 331 g/mol. The smallest absolute Gasteiger partial charge is 0.271 e. The van der Waals surface area contributed by atoms with Gasteiger partial charge in [0.15, 0.2) is 5.65 Å². The number of aromatic amines is 1. The van der Waals surface area contributed by atoms with Crippen molar-refractivity contribution in [1.82, 2.24) is 35.8 Å². The summed E-state index contributed by atoms with van der Waals surface area (Å²) < 4.78 is 0. The van der Waals surface area contributed by atoms with E-state index < -0.39 is 0 Å². The molecule has 0 unspecified atom stereocenters. The molecule has 10 heteroatoms. The van der Waals surface area contributed by atoms with Crippen molar-refractivity contribution in [2.75, 3.05) is 7.05 Å². The van der Waals surface area contributed by atoms with Crippen molar-refractivity contribution in [1.29, 1.82) is 0 Å². The Morgan fingerprint density at radius 1 is 1.22 bits per heavy atom. The lowest BCUT2D eigenvalue weighted by atomic mass is 10.2. The van der Waals surface area contributed by atoms with Crippen LogP contribution in [0.4, 0.5) is 0 Å². The number of amides is 2. The first-order valence-electron chi connectivity index (χ1n) is 6.73. The number of nitrogens with one attached hydrogen (secondary N) is 3. The molecule has 118 valence electrons. The topological polar surface area (TPSA) is 126 Å². The third-order valence-corrected chi connectivity index (χ3v) is 4.33. The Balaban J connectivity index is 1.78. The maximum absolute atomic E-state index is 12.4. The molecule has 0 aliphatic heterocycles. The molecule has 0 aliphatic carbocycles. The molecule has 0 aliphatic rings. The van der Waals surface area contributed by atoms with E-state index in [0.717, 1.165) is 0 Å². The van der Waals surface area contributed by atoms with Crippen molar-refractivity contribution in [2.24, 2.45) is 0 Å². The zero-order valence-corrected chi connectivity index (χ0v) is 13.1. The number of aromatic nitrogens is 5. The molecule has 0 saturated carbocycles. The minimum atomic E-state index is -0.358. The van der Waals surface area contributed by atoms with Crippen LogP contribution in [0.2, 0.25) is 0 Å². The molecule has 9 nitrogen and oxygen atoms in total. The zero-order chi connectivity index (χ0) is 16.4. The van der Waals surface area contributed by atoms with Gasteiger partial charge in [0.25, 0.3) is 11.8 Å². The summed E-state index contributed by atoms with van der Waals surface area (Å²) in [5, 5.41) is 13.1. The van der Waals surface area contributed by atoms with Gasteiger partial charge in [-0.15, -0.1) is 11.3 Å². The van der Waals surface area contributed by atoms with E-state index in [4.69, 9.17) is 0 Å². The van der Waals surface area contributed by atoms with Crippen LogP contribution in [0.25, 0.3) is 11.0 Å². The number of H-pyrrole nitrogens is 1. The van der Waals surface area contributed by atoms with E-state index >= 15 is 0 Å². The monoisotopic (exact) mass is 331 g/mol. The number of carbonyl (C=O) groups excluding carboxylic acids is 2. The Labute approximate surface area is 134 Å². The van der Waals surface area contributed by atoms with Crippen LogP contribution in [0.1, 0.15) is 38.1 Å². The molecule has 3 rings (SSSR count). The fourth-order valence-corrected chi connectivity index (χ4v) is 2.86. The Morgan fingerprint density at radius 2 is 2.04 bits per heavy atom. The van der Waals surface area contributed by atoms with Crippen LogP contribution in [0.5, 0.6) is 0 Å². The van der Waals surface area contributed by atoms with Gasteiger partial charge in [-0.1, -0.05) is 0 Å². The quantitative estimate of drug-likeness (QED) is 0.645. The van der Waals surface area contributed by atoms with Crippen LogP contribution in [-0.2, 0) is 0 Å². The molecular weight excluding hydrogens is 318 g/mol. The summed E-state index contributed by atoms with van der Waals surface area (Å²) in [4.78, 5) is 36.6. The van der Waals surface area contributed by atoms with Gasteiger partial charge >= 0.3 is 0 Å². The number of nitrogens with zero attached hydrogens (tertiary/aromatic N) is 4. The zero-order valence-electron chi connectivity index (χ0n) is 12.3. The lowest BCUT2D eigenvalue weighted by Gasteiger charge is -2.10. The molecule has 0 radical (unpaired) electrons. The molecule has 0 spiro atoms. The van der Waals surface area contributed by atoms with Crippen LogP contribution < -0.4 is 10.6 Å². The van der Waals surface area contributed by atoms with Crippen molar-refractivity contribution in [3.05, 3.63) is 34.3 Å². The van der Waals surface area contributed by atoms with Gasteiger partial charge in [-0.25, -0.2) is 15.0 Å². The number of hydrogen-bond acceptors (Lipinski definition) is 7. The highest BCUT2D eigenvalue weighted by Gasteiger charge is 2.19. The SMILES string of the molecule is CNC(=O)c1cnc([C@H](C)NC(=O)c2ncnc3[nH]ncc23)s1. The van der Waals surface area contributed by atoms with Crippen molar-refractivity contribution in [3.63, 3.8) is 0 Å². The van der Waals surface area contributed by atoms with E-state index in [1.165, 1.54) is 30.1 Å². The van der Waals surface area contributed by atoms with Gasteiger partial charge in [-0.2, -0.15) is 5.10 Å². The minimum absolute atomic E-state index is 0.205. The summed E-state index contributed by atoms with van der Waals surface area (Å²) in [5.74, 6) is -0.564. The predicted octanol–water partition coefficient (Wildman–Crippen LogP) is 0.660. The summed E-state index contributed by atoms with van der Waals surface area (Å²) in [6.07, 6.45) is 4.29. The summed E-state index contributed by atoms with van der Waals surface area (Å²) in [6.45, 7) is 1.79. The molecular formula is C13H13N7O2S. The van der Waals surface area contributed by atoms with E-state index in [1.807, 2.05) is 0 Å². The summed E-state index contributed by atoms with van der Waals surface area (Å²) in [6, 6.07) is -0.358. The Morgan fingerprint density at radius 3 is 2.83 bits per heavy atom. The summed E-state index contributed by atoms with van der Waals surface area (Å²) >= 11 is 1.23. The van der Waals surface area contributed by atoms with Crippen LogP contribution in [0.3, 0.4) is 0 Å². The summed E-state index contributed by atoms with van der Waals surface area (Å²) in [7, 11) is 1.55. The van der Waals surface area contributed by atoms with E-state index in [-0.39, 0.29) is 23.6 Å². The second-order valence-electron chi connectivity index (χ2n) is 4.69. The molecule has 3 N–H and O–H groups in total. The molecule has 2 amide bonds. The fourth-order valence-electron chi connectivity index (χ4n) is 1.99. The van der Waals surface area contributed by atoms with E-state index in [9.17, 15) is 9.59 Å². The summed E-state index contributed by atoms with van der Waals surface area (Å²) in [5.41, 5.74) is 0.729. The molecule has 3 aromatic heterocycles.